The Kier molecular flexibility index (Phi) is 5.70. The molecular formula is C14H22N2S. The van der Waals surface area contributed by atoms with Crippen LogP contribution >= 0.6 is 11.3 Å². The number of aryl methyl sites for hydroxylation is 1. The van der Waals surface area contributed by atoms with Gasteiger partial charge in [0.1, 0.15) is 0 Å². The van der Waals surface area contributed by atoms with E-state index in [1.165, 1.54) is 15.3 Å². The zero-order valence-electron chi connectivity index (χ0n) is 11.2. The molecule has 0 aromatic carbocycles. The van der Waals surface area contributed by atoms with Gasteiger partial charge in [-0.1, -0.05) is 19.8 Å². The molecule has 0 radical (unpaired) electrons. The molecule has 0 amide bonds. The van der Waals surface area contributed by atoms with E-state index in [4.69, 9.17) is 6.42 Å². The van der Waals surface area contributed by atoms with E-state index in [1.54, 1.807) is 0 Å². The van der Waals surface area contributed by atoms with Crippen molar-refractivity contribution in [2.45, 2.75) is 39.9 Å². The van der Waals surface area contributed by atoms with Gasteiger partial charge in [0, 0.05) is 28.9 Å². The van der Waals surface area contributed by atoms with E-state index < -0.39 is 0 Å². The Labute approximate surface area is 109 Å². The topological polar surface area (TPSA) is 15.3 Å². The lowest BCUT2D eigenvalue weighted by molar-refractivity contribution is 0.369. The molecule has 0 bridgehead atoms. The van der Waals surface area contributed by atoms with E-state index in [-0.39, 0.29) is 0 Å². The molecule has 1 aromatic heterocycles. The maximum absolute atomic E-state index is 5.31. The lowest BCUT2D eigenvalue weighted by atomic mass is 10.2. The minimum absolute atomic E-state index is 0.532. The number of hydrogen-bond acceptors (Lipinski definition) is 3. The summed E-state index contributed by atoms with van der Waals surface area (Å²) < 4.78 is 0. The van der Waals surface area contributed by atoms with Crippen LogP contribution in [0.15, 0.2) is 6.07 Å². The van der Waals surface area contributed by atoms with Crippen LogP contribution in [0.3, 0.4) is 0 Å². The molecule has 1 aromatic rings. The molecule has 0 unspecified atom stereocenters. The van der Waals surface area contributed by atoms with Gasteiger partial charge in [-0.05, 0) is 25.6 Å². The smallest absolute Gasteiger partial charge is 0.0599 e. The summed E-state index contributed by atoms with van der Waals surface area (Å²) in [7, 11) is 2.06. The lowest BCUT2D eigenvalue weighted by Gasteiger charge is -2.12. The fourth-order valence-corrected chi connectivity index (χ4v) is 2.64. The zero-order chi connectivity index (χ0) is 12.8. The van der Waals surface area contributed by atoms with Crippen molar-refractivity contribution in [1.82, 2.24) is 10.2 Å². The first-order chi connectivity index (χ1) is 8.02. The largest absolute Gasteiger partial charge is 0.310 e. The normalized spacial score (nSPS) is 11.1. The molecule has 1 rings (SSSR count). The molecule has 0 aliphatic heterocycles. The second-order valence-electron chi connectivity index (χ2n) is 4.71. The second kappa shape index (κ2) is 6.80. The van der Waals surface area contributed by atoms with Crippen LogP contribution in [0.1, 0.15) is 29.2 Å². The zero-order valence-corrected chi connectivity index (χ0v) is 12.0. The minimum Gasteiger partial charge on any atom is -0.310 e. The highest BCUT2D eigenvalue weighted by Crippen LogP contribution is 2.22. The molecule has 0 aliphatic carbocycles. The molecule has 0 spiro atoms. The fourth-order valence-electron chi connectivity index (χ4n) is 1.64. The van der Waals surface area contributed by atoms with E-state index in [0.29, 0.717) is 12.6 Å². The molecule has 0 saturated carbocycles. The van der Waals surface area contributed by atoms with Crippen LogP contribution in [-0.4, -0.2) is 24.5 Å². The van der Waals surface area contributed by atoms with Gasteiger partial charge in [0.2, 0.25) is 0 Å². The van der Waals surface area contributed by atoms with Crippen LogP contribution < -0.4 is 5.32 Å². The van der Waals surface area contributed by atoms with Crippen molar-refractivity contribution >= 4 is 11.3 Å². The third-order valence-electron chi connectivity index (χ3n) is 2.56. The molecule has 0 fully saturated rings. The Morgan fingerprint density at radius 2 is 2.24 bits per heavy atom. The summed E-state index contributed by atoms with van der Waals surface area (Å²) in [5, 5.41) is 3.45. The highest BCUT2D eigenvalue weighted by molar-refractivity contribution is 7.12. The van der Waals surface area contributed by atoms with Gasteiger partial charge in [0.15, 0.2) is 0 Å². The van der Waals surface area contributed by atoms with Gasteiger partial charge in [0.05, 0.1) is 6.54 Å². The van der Waals surface area contributed by atoms with Gasteiger partial charge in [-0.25, -0.2) is 0 Å². The summed E-state index contributed by atoms with van der Waals surface area (Å²) in [6.45, 7) is 9.12. The van der Waals surface area contributed by atoms with Gasteiger partial charge in [0.25, 0.3) is 0 Å². The minimum atomic E-state index is 0.532. The summed E-state index contributed by atoms with van der Waals surface area (Å²) in [5.41, 5.74) is 1.40. The summed E-state index contributed by atoms with van der Waals surface area (Å²) >= 11 is 1.88. The van der Waals surface area contributed by atoms with Crippen LogP contribution in [0.5, 0.6) is 0 Å². The van der Waals surface area contributed by atoms with Gasteiger partial charge in [-0.3, -0.25) is 4.90 Å². The quantitative estimate of drug-likeness (QED) is 0.781. The first kappa shape index (κ1) is 14.2. The summed E-state index contributed by atoms with van der Waals surface area (Å²) in [5.74, 6) is 2.67. The van der Waals surface area contributed by atoms with Crippen LogP contribution in [0.2, 0.25) is 0 Å². The van der Waals surface area contributed by atoms with Crippen molar-refractivity contribution in [3.8, 4) is 12.3 Å². The summed E-state index contributed by atoms with van der Waals surface area (Å²) in [4.78, 5) is 4.96. The molecule has 0 aliphatic rings. The Morgan fingerprint density at radius 1 is 1.53 bits per heavy atom. The predicted molar refractivity (Wildman–Crippen MR) is 76.2 cm³/mol. The van der Waals surface area contributed by atoms with Crippen molar-refractivity contribution in [2.75, 3.05) is 13.6 Å². The fraction of sp³-hybridized carbons (Fsp3) is 0.571. The number of hydrogen-bond donors (Lipinski definition) is 1. The Hall–Kier alpha value is -0.820. The van der Waals surface area contributed by atoms with Crippen molar-refractivity contribution < 1.29 is 0 Å². The highest BCUT2D eigenvalue weighted by atomic mass is 32.1. The maximum Gasteiger partial charge on any atom is 0.0599 e. The van der Waals surface area contributed by atoms with E-state index >= 15 is 0 Å². The van der Waals surface area contributed by atoms with Crippen LogP contribution in [0.4, 0.5) is 0 Å². The Bertz CT molecular complexity index is 387. The molecule has 17 heavy (non-hydrogen) atoms. The van der Waals surface area contributed by atoms with Crippen molar-refractivity contribution in [1.29, 1.82) is 0 Å². The molecule has 2 nitrogen and oxygen atoms in total. The number of thiophene rings is 1. The Balaban J connectivity index is 2.59. The van der Waals surface area contributed by atoms with E-state index in [0.717, 1.165) is 13.1 Å². The average Bonchev–Trinajstić information content (AvgIpc) is 2.57. The van der Waals surface area contributed by atoms with Crippen molar-refractivity contribution in [2.24, 2.45) is 0 Å². The van der Waals surface area contributed by atoms with Crippen molar-refractivity contribution in [3.05, 3.63) is 21.4 Å². The predicted octanol–water partition coefficient (Wildman–Crippen LogP) is 2.62. The van der Waals surface area contributed by atoms with Crippen LogP contribution in [0.25, 0.3) is 0 Å². The number of nitrogens with one attached hydrogen (secondary N) is 1. The van der Waals surface area contributed by atoms with Gasteiger partial charge < -0.3 is 5.32 Å². The van der Waals surface area contributed by atoms with E-state index in [9.17, 15) is 0 Å². The first-order valence-electron chi connectivity index (χ1n) is 5.96. The number of terminal acetylenes is 1. The highest BCUT2D eigenvalue weighted by Gasteiger charge is 2.07. The average molecular weight is 250 g/mol. The standard InChI is InChI=1S/C14H22N2S/c1-6-7-16(5)10-13-8-14(17-12(13)4)9-15-11(2)3/h1,8,11,15H,7,9-10H2,2-5H3. The molecule has 3 heteroatoms. The molecule has 94 valence electrons. The van der Waals surface area contributed by atoms with Crippen molar-refractivity contribution in [3.63, 3.8) is 0 Å². The Morgan fingerprint density at radius 3 is 2.82 bits per heavy atom. The van der Waals surface area contributed by atoms with Crippen LogP contribution in [0, 0.1) is 19.3 Å². The first-order valence-corrected chi connectivity index (χ1v) is 6.78. The van der Waals surface area contributed by atoms with Gasteiger partial charge in [-0.2, -0.15) is 0 Å². The lowest BCUT2D eigenvalue weighted by Crippen LogP contribution is -2.21. The number of nitrogens with zero attached hydrogens (tertiary/aromatic N) is 1. The summed E-state index contributed by atoms with van der Waals surface area (Å²) in [6.07, 6.45) is 5.31. The van der Waals surface area contributed by atoms with E-state index in [2.05, 4.69) is 50.0 Å². The second-order valence-corrected chi connectivity index (χ2v) is 6.05. The molecular weight excluding hydrogens is 228 g/mol. The monoisotopic (exact) mass is 250 g/mol. The van der Waals surface area contributed by atoms with E-state index in [1.807, 2.05) is 11.3 Å². The SMILES string of the molecule is C#CCN(C)Cc1cc(CNC(C)C)sc1C. The number of rotatable bonds is 6. The molecule has 1 N–H and O–H groups in total. The third kappa shape index (κ3) is 4.91. The van der Waals surface area contributed by atoms with Crippen LogP contribution in [-0.2, 0) is 13.1 Å². The molecule has 1 heterocycles. The molecule has 0 saturated heterocycles. The van der Waals surface area contributed by atoms with Gasteiger partial charge >= 0.3 is 0 Å². The summed E-state index contributed by atoms with van der Waals surface area (Å²) in [6, 6.07) is 2.83. The third-order valence-corrected chi connectivity index (χ3v) is 3.65. The molecule has 0 atom stereocenters. The maximum atomic E-state index is 5.31. The van der Waals surface area contributed by atoms with Gasteiger partial charge in [-0.15, -0.1) is 17.8 Å².